The van der Waals surface area contributed by atoms with Crippen molar-refractivity contribution in [2.75, 3.05) is 25.6 Å². The summed E-state index contributed by atoms with van der Waals surface area (Å²) < 4.78 is 10.0. The van der Waals surface area contributed by atoms with Crippen molar-refractivity contribution in [2.45, 2.75) is 13.8 Å². The quantitative estimate of drug-likeness (QED) is 0.504. The van der Waals surface area contributed by atoms with Gasteiger partial charge in [-0.05, 0) is 66.6 Å². The van der Waals surface area contributed by atoms with Crippen LogP contribution in [0.3, 0.4) is 0 Å². The first-order valence-corrected chi connectivity index (χ1v) is 10.5. The zero-order chi connectivity index (χ0) is 23.3. The van der Waals surface area contributed by atoms with Crippen molar-refractivity contribution in [2.24, 2.45) is 0 Å². The predicted molar refractivity (Wildman–Crippen MR) is 121 cm³/mol. The van der Waals surface area contributed by atoms with E-state index in [9.17, 15) is 19.2 Å². The van der Waals surface area contributed by atoms with Crippen LogP contribution in [0.2, 0.25) is 0 Å². The molecule has 3 amide bonds. The Morgan fingerprint density at radius 1 is 1.09 bits per heavy atom. The van der Waals surface area contributed by atoms with Gasteiger partial charge >= 0.3 is 5.97 Å². The molecule has 1 aliphatic rings. The average Bonchev–Trinajstić information content (AvgIpc) is 3.03. The van der Waals surface area contributed by atoms with Crippen molar-refractivity contribution in [1.82, 2.24) is 4.90 Å². The Morgan fingerprint density at radius 3 is 2.50 bits per heavy atom. The smallest absolute Gasteiger partial charge is 0.325 e. The fourth-order valence-electron chi connectivity index (χ4n) is 2.85. The number of carbonyl (C=O) groups excluding carboxylic acids is 4. The van der Waals surface area contributed by atoms with Crippen LogP contribution >= 0.6 is 11.8 Å². The Balaban J connectivity index is 1.57. The molecule has 1 aliphatic heterocycles. The van der Waals surface area contributed by atoms with E-state index in [4.69, 9.17) is 4.74 Å². The zero-order valence-corrected chi connectivity index (χ0v) is 18.7. The molecule has 9 heteroatoms. The molecular weight excluding hydrogens is 432 g/mol. The second-order valence-electron chi connectivity index (χ2n) is 7.07. The number of hydrogen-bond acceptors (Lipinski definition) is 7. The van der Waals surface area contributed by atoms with E-state index in [1.807, 2.05) is 32.0 Å². The largest absolute Gasteiger partial charge is 0.484 e. The zero-order valence-electron chi connectivity index (χ0n) is 17.8. The molecule has 2 aromatic rings. The number of methoxy groups -OCH3 is 1. The lowest BCUT2D eigenvalue weighted by Crippen LogP contribution is -2.34. The molecule has 0 radical (unpaired) electrons. The fraction of sp³-hybridized carbons (Fsp3) is 0.217. The van der Waals surface area contributed by atoms with E-state index in [0.717, 1.165) is 33.5 Å². The van der Waals surface area contributed by atoms with E-state index in [-0.39, 0.29) is 17.4 Å². The molecule has 32 heavy (non-hydrogen) atoms. The summed E-state index contributed by atoms with van der Waals surface area (Å²) in [5, 5.41) is 2.30. The Hall–Kier alpha value is -3.59. The molecule has 1 fully saturated rings. The highest BCUT2D eigenvalue weighted by atomic mass is 32.2. The molecular formula is C23H22N2O6S. The van der Waals surface area contributed by atoms with Crippen molar-refractivity contribution >= 4 is 46.5 Å². The van der Waals surface area contributed by atoms with Crippen molar-refractivity contribution in [3.63, 3.8) is 0 Å². The van der Waals surface area contributed by atoms with Crippen LogP contribution < -0.4 is 10.1 Å². The molecule has 0 spiro atoms. The standard InChI is InChI=1S/C23H22N2O6S/c1-14-4-5-15(2)18(10-14)24-20(26)13-31-17-8-6-16(7-9-17)11-19-22(28)25(23(29)32-19)12-21(27)30-3/h4-11H,12-13H2,1-3H3,(H,24,26)/b19-11-. The molecule has 1 saturated heterocycles. The van der Waals surface area contributed by atoms with Gasteiger partial charge < -0.3 is 14.8 Å². The van der Waals surface area contributed by atoms with Crippen LogP contribution in [0, 0.1) is 13.8 Å². The summed E-state index contributed by atoms with van der Waals surface area (Å²) in [5.41, 5.74) is 3.42. The number of anilines is 1. The fourth-order valence-corrected chi connectivity index (χ4v) is 3.69. The summed E-state index contributed by atoms with van der Waals surface area (Å²) in [6.07, 6.45) is 1.55. The molecule has 8 nitrogen and oxygen atoms in total. The number of benzene rings is 2. The van der Waals surface area contributed by atoms with E-state index in [0.29, 0.717) is 11.3 Å². The molecule has 3 rings (SSSR count). The third-order valence-corrected chi connectivity index (χ3v) is 5.51. The number of nitrogens with zero attached hydrogens (tertiary/aromatic N) is 1. The second kappa shape index (κ2) is 10.1. The predicted octanol–water partition coefficient (Wildman–Crippen LogP) is 3.53. The minimum Gasteiger partial charge on any atom is -0.484 e. The summed E-state index contributed by atoms with van der Waals surface area (Å²) in [6.45, 7) is 3.29. The first kappa shape index (κ1) is 23.1. The molecule has 0 atom stereocenters. The average molecular weight is 455 g/mol. The van der Waals surface area contributed by atoms with Gasteiger partial charge in [0, 0.05) is 5.69 Å². The topological polar surface area (TPSA) is 102 Å². The van der Waals surface area contributed by atoms with E-state index in [1.54, 1.807) is 30.3 Å². The van der Waals surface area contributed by atoms with Gasteiger partial charge in [0.15, 0.2) is 6.61 Å². The van der Waals surface area contributed by atoms with Gasteiger partial charge in [-0.2, -0.15) is 0 Å². The number of carbonyl (C=O) groups is 4. The van der Waals surface area contributed by atoms with Crippen LogP contribution in [0.4, 0.5) is 10.5 Å². The van der Waals surface area contributed by atoms with Crippen molar-refractivity contribution in [3.8, 4) is 5.75 Å². The first-order valence-electron chi connectivity index (χ1n) is 9.69. The van der Waals surface area contributed by atoms with Crippen LogP contribution in [-0.2, 0) is 19.1 Å². The van der Waals surface area contributed by atoms with Gasteiger partial charge in [-0.15, -0.1) is 0 Å². The lowest BCUT2D eigenvalue weighted by Gasteiger charge is -2.10. The summed E-state index contributed by atoms with van der Waals surface area (Å²) in [6, 6.07) is 12.5. The minimum atomic E-state index is -0.670. The lowest BCUT2D eigenvalue weighted by molar-refractivity contribution is -0.143. The molecule has 166 valence electrons. The van der Waals surface area contributed by atoms with Crippen molar-refractivity contribution in [3.05, 3.63) is 64.1 Å². The van der Waals surface area contributed by atoms with Gasteiger partial charge in [-0.25, -0.2) is 0 Å². The van der Waals surface area contributed by atoms with Gasteiger partial charge in [-0.1, -0.05) is 24.3 Å². The Bertz CT molecular complexity index is 1090. The van der Waals surface area contributed by atoms with Crippen LogP contribution in [-0.4, -0.2) is 48.2 Å². The number of hydrogen-bond donors (Lipinski definition) is 1. The van der Waals surface area contributed by atoms with Gasteiger partial charge in [0.2, 0.25) is 0 Å². The molecule has 0 aromatic heterocycles. The summed E-state index contributed by atoms with van der Waals surface area (Å²) in [7, 11) is 1.19. The highest BCUT2D eigenvalue weighted by Gasteiger charge is 2.36. The monoisotopic (exact) mass is 454 g/mol. The molecule has 0 unspecified atom stereocenters. The number of thioether (sulfide) groups is 1. The molecule has 0 aliphatic carbocycles. The number of rotatable bonds is 7. The minimum absolute atomic E-state index is 0.154. The highest BCUT2D eigenvalue weighted by Crippen LogP contribution is 2.32. The van der Waals surface area contributed by atoms with E-state index in [2.05, 4.69) is 10.1 Å². The maximum atomic E-state index is 12.4. The number of imide groups is 1. The normalized spacial score (nSPS) is 14.6. The maximum absolute atomic E-state index is 12.4. The molecule has 1 heterocycles. The number of ether oxygens (including phenoxy) is 2. The second-order valence-corrected chi connectivity index (χ2v) is 8.06. The molecule has 2 aromatic carbocycles. The van der Waals surface area contributed by atoms with Crippen LogP contribution in [0.25, 0.3) is 6.08 Å². The van der Waals surface area contributed by atoms with Crippen LogP contribution in [0.15, 0.2) is 47.4 Å². The molecule has 0 saturated carbocycles. The third kappa shape index (κ3) is 5.76. The summed E-state index contributed by atoms with van der Waals surface area (Å²) in [4.78, 5) is 48.9. The van der Waals surface area contributed by atoms with Crippen molar-refractivity contribution < 1.29 is 28.7 Å². The SMILES string of the molecule is COC(=O)CN1C(=O)S/C(=C\c2ccc(OCC(=O)Nc3cc(C)ccc3C)cc2)C1=O. The van der Waals surface area contributed by atoms with E-state index < -0.39 is 23.7 Å². The number of amides is 3. The van der Waals surface area contributed by atoms with Crippen molar-refractivity contribution in [1.29, 1.82) is 0 Å². The maximum Gasteiger partial charge on any atom is 0.325 e. The highest BCUT2D eigenvalue weighted by molar-refractivity contribution is 8.18. The van der Waals surface area contributed by atoms with Crippen LogP contribution in [0.5, 0.6) is 5.75 Å². The Morgan fingerprint density at radius 2 is 1.81 bits per heavy atom. The number of aryl methyl sites for hydroxylation is 2. The van der Waals surface area contributed by atoms with Gasteiger partial charge in [0.05, 0.1) is 12.0 Å². The first-order chi connectivity index (χ1) is 15.3. The van der Waals surface area contributed by atoms with E-state index >= 15 is 0 Å². The summed E-state index contributed by atoms with van der Waals surface area (Å²) in [5.74, 6) is -1.01. The summed E-state index contributed by atoms with van der Waals surface area (Å²) >= 11 is 0.757. The van der Waals surface area contributed by atoms with Crippen LogP contribution in [0.1, 0.15) is 16.7 Å². The van der Waals surface area contributed by atoms with E-state index in [1.165, 1.54) is 7.11 Å². The lowest BCUT2D eigenvalue weighted by atomic mass is 10.1. The Kier molecular flexibility index (Phi) is 7.32. The Labute approximate surface area is 189 Å². The van der Waals surface area contributed by atoms with Gasteiger partial charge in [0.25, 0.3) is 17.1 Å². The molecule has 1 N–H and O–H groups in total. The van der Waals surface area contributed by atoms with Gasteiger partial charge in [-0.3, -0.25) is 24.1 Å². The van der Waals surface area contributed by atoms with Gasteiger partial charge in [0.1, 0.15) is 12.3 Å². The number of nitrogens with one attached hydrogen (secondary N) is 1. The number of esters is 1. The third-order valence-electron chi connectivity index (χ3n) is 4.60. The molecule has 0 bridgehead atoms.